The van der Waals surface area contributed by atoms with Gasteiger partial charge in [-0.25, -0.2) is 18.8 Å². The van der Waals surface area contributed by atoms with Crippen molar-refractivity contribution in [2.24, 2.45) is 0 Å². The second kappa shape index (κ2) is 19.5. The van der Waals surface area contributed by atoms with E-state index in [9.17, 15) is 43.8 Å². The maximum absolute atomic E-state index is 15.3. The lowest BCUT2D eigenvalue weighted by Gasteiger charge is -2.23. The molecular weight excluding hydrogens is 733 g/mol. The van der Waals surface area contributed by atoms with Gasteiger partial charge in [-0.05, 0) is 68.1 Å². The fourth-order valence-corrected chi connectivity index (χ4v) is 5.58. The molecule has 0 saturated carbocycles. The third-order valence-electron chi connectivity index (χ3n) is 8.01. The smallest absolute Gasteiger partial charge is 0.326 e. The number of hydrogen-bond donors (Lipinski definition) is 7. The van der Waals surface area contributed by atoms with Crippen LogP contribution in [0, 0.1) is 25.1 Å². The minimum absolute atomic E-state index is 0.0712. The van der Waals surface area contributed by atoms with Crippen LogP contribution in [-0.4, -0.2) is 91.7 Å². The molecule has 0 aliphatic carbocycles. The topological polar surface area (TPSA) is 253 Å². The van der Waals surface area contributed by atoms with Crippen molar-refractivity contribution in [1.82, 2.24) is 20.9 Å². The molecule has 0 fully saturated rings. The number of terminal acetylenes is 1. The number of rotatable bonds is 20. The Morgan fingerprint density at radius 1 is 0.815 bits per heavy atom. The van der Waals surface area contributed by atoms with Crippen LogP contribution in [0.5, 0.6) is 0 Å². The number of hydrogen-bond acceptors (Lipinski definition) is 9. The van der Waals surface area contributed by atoms with Gasteiger partial charge in [-0.3, -0.25) is 24.2 Å². The Morgan fingerprint density at radius 2 is 1.37 bits per heavy atom. The van der Waals surface area contributed by atoms with E-state index in [1.807, 2.05) is 19.1 Å². The first-order valence-corrected chi connectivity index (χ1v) is 16.7. The van der Waals surface area contributed by atoms with Crippen molar-refractivity contribution in [3.05, 3.63) is 70.1 Å². The largest absolute Gasteiger partial charge is 0.481 e. The van der Waals surface area contributed by atoms with Crippen molar-refractivity contribution in [3.8, 4) is 12.3 Å². The highest BCUT2D eigenvalue weighted by molar-refractivity contribution is 6.35. The number of anilines is 1. The molecule has 3 amide bonds. The van der Waals surface area contributed by atoms with Crippen LogP contribution in [0.3, 0.4) is 0 Å². The molecule has 0 unspecified atom stereocenters. The molecule has 3 atom stereocenters. The van der Waals surface area contributed by atoms with Gasteiger partial charge in [0.25, 0.3) is 5.91 Å². The van der Waals surface area contributed by atoms with Gasteiger partial charge in [0, 0.05) is 42.6 Å². The molecule has 0 spiro atoms. The Balaban J connectivity index is 1.60. The van der Waals surface area contributed by atoms with Gasteiger partial charge in [-0.15, -0.1) is 6.42 Å². The van der Waals surface area contributed by atoms with Gasteiger partial charge in [-0.2, -0.15) is 0 Å². The highest BCUT2D eigenvalue weighted by Crippen LogP contribution is 2.26. The lowest BCUT2D eigenvalue weighted by atomic mass is 10.1. The SMILES string of the molecule is C#CCN(Cc1ccc2nc(C)cc(Cl)c2c1)c1ccc(C(=O)N[C@@H](CCC(=O)N[C@@H](CCC(=O)N[C@@H](CCC(=O)O)C(=O)O)C(=O)O)C(=O)O)c(F)c1. The van der Waals surface area contributed by atoms with Crippen molar-refractivity contribution in [1.29, 1.82) is 0 Å². The van der Waals surface area contributed by atoms with E-state index in [-0.39, 0.29) is 13.1 Å². The molecule has 0 saturated heterocycles. The maximum Gasteiger partial charge on any atom is 0.326 e. The number of halogens is 2. The third kappa shape index (κ3) is 12.4. The number of nitrogens with zero attached hydrogens (tertiary/aromatic N) is 2. The Bertz CT molecular complexity index is 1990. The summed E-state index contributed by atoms with van der Waals surface area (Å²) in [7, 11) is 0. The molecule has 1 heterocycles. The molecule has 1 aromatic heterocycles. The van der Waals surface area contributed by atoms with Crippen LogP contribution in [0.25, 0.3) is 10.9 Å². The number of carboxylic acid groups (broad SMARTS) is 4. The summed E-state index contributed by atoms with van der Waals surface area (Å²) in [5.41, 5.74) is 2.07. The van der Waals surface area contributed by atoms with E-state index < -0.39 is 110 Å². The minimum atomic E-state index is -1.69. The predicted octanol–water partition coefficient (Wildman–Crippen LogP) is 2.72. The summed E-state index contributed by atoms with van der Waals surface area (Å²) in [6, 6.07) is 5.99. The van der Waals surface area contributed by atoms with Crippen LogP contribution >= 0.6 is 11.6 Å². The number of carboxylic acids is 4. The van der Waals surface area contributed by atoms with Crippen LogP contribution in [-0.2, 0) is 35.3 Å². The molecule has 0 aliphatic rings. The molecule has 54 heavy (non-hydrogen) atoms. The van der Waals surface area contributed by atoms with Crippen molar-refractivity contribution in [2.75, 3.05) is 11.4 Å². The zero-order chi connectivity index (χ0) is 40.1. The standard InChI is InChI=1S/C36H37ClFN5O11/c1-3-14-43(18-20-4-7-26-23(16-20)24(37)15-19(2)39-26)21-5-6-22(25(38)17-21)33(48)42-29(36(53)54)9-12-31(45)40-27(34(49)50)8-11-30(44)41-28(35(51)52)10-13-32(46)47/h1,4-7,15-17,27-29H,8-14,18H2,2H3,(H,40,45)(H,41,44)(H,42,48)(H,46,47)(H,49,50)(H,51,52)(H,53,54)/t27-,28-,29-/m0/s1. The molecule has 0 bridgehead atoms. The van der Waals surface area contributed by atoms with Gasteiger partial charge >= 0.3 is 23.9 Å². The van der Waals surface area contributed by atoms with Crippen molar-refractivity contribution in [2.45, 2.75) is 70.1 Å². The van der Waals surface area contributed by atoms with E-state index >= 15 is 4.39 Å². The van der Waals surface area contributed by atoms with E-state index in [0.717, 1.165) is 28.8 Å². The summed E-state index contributed by atoms with van der Waals surface area (Å²) >= 11 is 6.40. The van der Waals surface area contributed by atoms with E-state index in [2.05, 4.69) is 26.9 Å². The minimum Gasteiger partial charge on any atom is -0.481 e. The van der Waals surface area contributed by atoms with Gasteiger partial charge in [0.1, 0.15) is 23.9 Å². The third-order valence-corrected chi connectivity index (χ3v) is 8.32. The van der Waals surface area contributed by atoms with Crippen LogP contribution in [0.4, 0.5) is 10.1 Å². The summed E-state index contributed by atoms with van der Waals surface area (Å²) in [5, 5.41) is 44.7. The molecular formula is C36H37ClFN5O11. The molecule has 18 heteroatoms. The number of aromatic nitrogens is 1. The molecule has 0 radical (unpaired) electrons. The highest BCUT2D eigenvalue weighted by atomic mass is 35.5. The van der Waals surface area contributed by atoms with Crippen molar-refractivity contribution < 1.29 is 58.4 Å². The van der Waals surface area contributed by atoms with Gasteiger partial charge in [0.2, 0.25) is 11.8 Å². The summed E-state index contributed by atoms with van der Waals surface area (Å²) in [5.74, 6) is -7.31. The Labute approximate surface area is 312 Å². The van der Waals surface area contributed by atoms with E-state index in [4.69, 9.17) is 28.2 Å². The van der Waals surface area contributed by atoms with E-state index in [1.54, 1.807) is 17.0 Å². The maximum atomic E-state index is 15.3. The number of amides is 3. The van der Waals surface area contributed by atoms with E-state index in [1.165, 1.54) is 6.07 Å². The fourth-order valence-electron chi connectivity index (χ4n) is 5.27. The predicted molar refractivity (Wildman–Crippen MR) is 191 cm³/mol. The monoisotopic (exact) mass is 769 g/mol. The summed E-state index contributed by atoms with van der Waals surface area (Å²) in [6.07, 6.45) is 2.45. The molecule has 3 aromatic rings. The number of fused-ring (bicyclic) bond motifs is 1. The first-order valence-electron chi connectivity index (χ1n) is 16.3. The van der Waals surface area contributed by atoms with E-state index in [0.29, 0.717) is 16.2 Å². The first kappa shape index (κ1) is 42.1. The average molecular weight is 770 g/mol. The Kier molecular flexibility index (Phi) is 15.2. The highest BCUT2D eigenvalue weighted by Gasteiger charge is 2.27. The molecule has 0 aliphatic heterocycles. The first-order chi connectivity index (χ1) is 25.5. The van der Waals surface area contributed by atoms with Crippen LogP contribution < -0.4 is 20.9 Å². The van der Waals surface area contributed by atoms with Gasteiger partial charge in [0.05, 0.1) is 22.6 Å². The number of aliphatic carboxylic acids is 4. The quantitative estimate of drug-likeness (QED) is 0.0818. The molecule has 286 valence electrons. The number of nitrogens with one attached hydrogen (secondary N) is 3. The second-order valence-electron chi connectivity index (χ2n) is 12.1. The van der Waals surface area contributed by atoms with Crippen LogP contribution in [0.15, 0.2) is 42.5 Å². The van der Waals surface area contributed by atoms with Gasteiger partial charge < -0.3 is 41.3 Å². The Hall–Kier alpha value is -6.28. The molecule has 3 rings (SSSR count). The fraction of sp³-hybridized carbons (Fsp3) is 0.333. The molecule has 16 nitrogen and oxygen atoms in total. The average Bonchev–Trinajstić information content (AvgIpc) is 3.09. The second-order valence-corrected chi connectivity index (χ2v) is 12.5. The zero-order valence-corrected chi connectivity index (χ0v) is 29.6. The number of aryl methyl sites for hydroxylation is 1. The molecule has 7 N–H and O–H groups in total. The number of benzene rings is 2. The summed E-state index contributed by atoms with van der Waals surface area (Å²) < 4.78 is 15.3. The number of pyridine rings is 1. The van der Waals surface area contributed by atoms with Crippen molar-refractivity contribution >= 4 is 69.8 Å². The normalized spacial score (nSPS) is 12.4. The number of carbonyl (C=O) groups excluding carboxylic acids is 3. The summed E-state index contributed by atoms with van der Waals surface area (Å²) in [6.45, 7) is 2.14. The lowest BCUT2D eigenvalue weighted by molar-refractivity contribution is -0.144. The Morgan fingerprint density at radius 3 is 1.89 bits per heavy atom. The zero-order valence-electron chi connectivity index (χ0n) is 28.8. The van der Waals surface area contributed by atoms with Crippen LogP contribution in [0.2, 0.25) is 5.02 Å². The lowest BCUT2D eigenvalue weighted by Crippen LogP contribution is -2.45. The number of carbonyl (C=O) groups is 7. The molecule has 2 aromatic carbocycles. The summed E-state index contributed by atoms with van der Waals surface area (Å²) in [4.78, 5) is 89.4. The van der Waals surface area contributed by atoms with Gasteiger partial charge in [-0.1, -0.05) is 23.6 Å². The van der Waals surface area contributed by atoms with Gasteiger partial charge in [0.15, 0.2) is 0 Å². The van der Waals surface area contributed by atoms with Crippen molar-refractivity contribution in [3.63, 3.8) is 0 Å². The van der Waals surface area contributed by atoms with Crippen LogP contribution in [0.1, 0.15) is 60.1 Å².